The minimum absolute atomic E-state index is 0.162. The number of benzene rings is 2. The summed E-state index contributed by atoms with van der Waals surface area (Å²) in [6, 6.07) is 19.5. The number of aromatic nitrogens is 3. The number of nitriles is 1. The predicted octanol–water partition coefficient (Wildman–Crippen LogP) is 5.02. The summed E-state index contributed by atoms with van der Waals surface area (Å²) in [4.78, 5) is 12.7. The van der Waals surface area contributed by atoms with Crippen LogP contribution in [0, 0.1) is 11.3 Å². The Morgan fingerprint density at radius 2 is 1.81 bits per heavy atom. The lowest BCUT2D eigenvalue weighted by Gasteiger charge is -2.31. The van der Waals surface area contributed by atoms with E-state index in [1.165, 1.54) is 11.8 Å². The first-order valence-electron chi connectivity index (χ1n) is 10.2. The Labute approximate surface area is 190 Å². The van der Waals surface area contributed by atoms with Gasteiger partial charge < -0.3 is 5.32 Å². The van der Waals surface area contributed by atoms with E-state index in [-0.39, 0.29) is 11.7 Å². The van der Waals surface area contributed by atoms with Gasteiger partial charge in [-0.2, -0.15) is 5.26 Å². The van der Waals surface area contributed by atoms with Crippen molar-refractivity contribution >= 4 is 29.3 Å². The van der Waals surface area contributed by atoms with Crippen molar-refractivity contribution in [1.29, 1.82) is 5.26 Å². The Bertz CT molecular complexity index is 1090. The quantitative estimate of drug-likeness (QED) is 0.532. The Hall–Kier alpha value is -2.82. The van der Waals surface area contributed by atoms with Crippen molar-refractivity contribution in [1.82, 2.24) is 20.1 Å². The van der Waals surface area contributed by atoms with Crippen molar-refractivity contribution < 1.29 is 4.79 Å². The third kappa shape index (κ3) is 4.92. The molecule has 0 atom stereocenters. The standard InChI is InChI=1S/C23H22ClN5OS/c24-18-11-9-17(10-12-18)21-27-28-22(29(21)19-7-3-1-4-8-19)31-15-20(30)26-23(16-25)13-5-2-6-14-23/h1,3-4,7-12H,2,5-6,13-15H2,(H,26,30). The number of nitrogens with zero attached hydrogens (tertiary/aromatic N) is 4. The lowest BCUT2D eigenvalue weighted by atomic mass is 9.83. The van der Waals surface area contributed by atoms with E-state index < -0.39 is 5.54 Å². The summed E-state index contributed by atoms with van der Waals surface area (Å²) in [5.74, 6) is 0.672. The molecule has 0 spiro atoms. The van der Waals surface area contributed by atoms with Gasteiger partial charge in [-0.3, -0.25) is 9.36 Å². The molecule has 6 nitrogen and oxygen atoms in total. The van der Waals surface area contributed by atoms with E-state index in [0.717, 1.165) is 30.5 Å². The number of thioether (sulfide) groups is 1. The molecule has 0 radical (unpaired) electrons. The van der Waals surface area contributed by atoms with E-state index in [1.807, 2.05) is 59.2 Å². The van der Waals surface area contributed by atoms with E-state index in [2.05, 4.69) is 21.6 Å². The largest absolute Gasteiger partial charge is 0.337 e. The van der Waals surface area contributed by atoms with Crippen LogP contribution in [-0.2, 0) is 4.79 Å². The first-order chi connectivity index (χ1) is 15.1. The molecule has 1 aliphatic rings. The fourth-order valence-electron chi connectivity index (χ4n) is 3.81. The van der Waals surface area contributed by atoms with Gasteiger partial charge in [0.05, 0.1) is 11.8 Å². The molecule has 1 amide bonds. The molecule has 158 valence electrons. The maximum absolute atomic E-state index is 12.7. The highest BCUT2D eigenvalue weighted by Crippen LogP contribution is 2.30. The lowest BCUT2D eigenvalue weighted by molar-refractivity contribution is -0.120. The Kier molecular flexibility index (Phi) is 6.59. The minimum atomic E-state index is -0.739. The highest BCUT2D eigenvalue weighted by Gasteiger charge is 2.33. The monoisotopic (exact) mass is 451 g/mol. The highest BCUT2D eigenvalue weighted by atomic mass is 35.5. The normalized spacial score (nSPS) is 15.2. The van der Waals surface area contributed by atoms with Gasteiger partial charge in [0.1, 0.15) is 5.54 Å². The average Bonchev–Trinajstić information content (AvgIpc) is 3.23. The first-order valence-corrected chi connectivity index (χ1v) is 11.6. The summed E-state index contributed by atoms with van der Waals surface area (Å²) < 4.78 is 1.93. The number of hydrogen-bond donors (Lipinski definition) is 1. The zero-order valence-corrected chi connectivity index (χ0v) is 18.5. The maximum Gasteiger partial charge on any atom is 0.231 e. The molecule has 2 aromatic carbocycles. The molecule has 0 unspecified atom stereocenters. The second kappa shape index (κ2) is 9.54. The first kappa shape index (κ1) is 21.4. The van der Waals surface area contributed by atoms with E-state index in [1.54, 1.807) is 0 Å². The van der Waals surface area contributed by atoms with Crippen molar-refractivity contribution in [3.63, 3.8) is 0 Å². The van der Waals surface area contributed by atoms with Crippen LogP contribution < -0.4 is 5.32 Å². The van der Waals surface area contributed by atoms with Crippen molar-refractivity contribution in [3.05, 3.63) is 59.6 Å². The van der Waals surface area contributed by atoms with Crippen LogP contribution in [0.3, 0.4) is 0 Å². The molecule has 3 aromatic rings. The third-order valence-corrected chi connectivity index (χ3v) is 6.56. The number of carbonyl (C=O) groups is 1. The second-order valence-electron chi connectivity index (χ2n) is 7.58. The van der Waals surface area contributed by atoms with Gasteiger partial charge in [-0.25, -0.2) is 0 Å². The third-order valence-electron chi connectivity index (χ3n) is 5.38. The molecular weight excluding hydrogens is 430 g/mol. The maximum atomic E-state index is 12.7. The zero-order chi connectivity index (χ0) is 21.7. The molecule has 0 saturated heterocycles. The van der Waals surface area contributed by atoms with Crippen LogP contribution in [0.5, 0.6) is 0 Å². The van der Waals surface area contributed by atoms with E-state index in [4.69, 9.17) is 11.6 Å². The van der Waals surface area contributed by atoms with Crippen molar-refractivity contribution in [2.24, 2.45) is 0 Å². The summed E-state index contributed by atoms with van der Waals surface area (Å²) in [6.45, 7) is 0. The molecule has 4 rings (SSSR count). The number of halogens is 1. The fraction of sp³-hybridized carbons (Fsp3) is 0.304. The van der Waals surface area contributed by atoms with Gasteiger partial charge in [-0.05, 0) is 49.2 Å². The smallest absolute Gasteiger partial charge is 0.231 e. The molecule has 1 heterocycles. The molecule has 8 heteroatoms. The number of nitrogens with one attached hydrogen (secondary N) is 1. The van der Waals surface area contributed by atoms with Crippen LogP contribution in [0.15, 0.2) is 59.8 Å². The number of carbonyl (C=O) groups excluding carboxylic acids is 1. The van der Waals surface area contributed by atoms with E-state index in [0.29, 0.717) is 28.8 Å². The van der Waals surface area contributed by atoms with Gasteiger partial charge in [-0.15, -0.1) is 10.2 Å². The molecule has 0 aliphatic heterocycles. The Morgan fingerprint density at radius 1 is 1.10 bits per heavy atom. The van der Waals surface area contributed by atoms with Gasteiger partial charge in [0.15, 0.2) is 11.0 Å². The summed E-state index contributed by atoms with van der Waals surface area (Å²) in [6.07, 6.45) is 4.46. The van der Waals surface area contributed by atoms with Crippen LogP contribution in [0.1, 0.15) is 32.1 Å². The van der Waals surface area contributed by atoms with Crippen molar-refractivity contribution in [2.45, 2.75) is 42.8 Å². The lowest BCUT2D eigenvalue weighted by Crippen LogP contribution is -2.49. The van der Waals surface area contributed by atoms with Gasteiger partial charge in [0.2, 0.25) is 5.91 Å². The van der Waals surface area contributed by atoms with Crippen molar-refractivity contribution in [2.75, 3.05) is 5.75 Å². The predicted molar refractivity (Wildman–Crippen MR) is 122 cm³/mol. The molecule has 1 aromatic heterocycles. The Balaban J connectivity index is 1.56. The van der Waals surface area contributed by atoms with Gasteiger partial charge in [0.25, 0.3) is 0 Å². The topological polar surface area (TPSA) is 83.6 Å². The van der Waals surface area contributed by atoms with Crippen molar-refractivity contribution in [3.8, 4) is 23.1 Å². The highest BCUT2D eigenvalue weighted by molar-refractivity contribution is 7.99. The van der Waals surface area contributed by atoms with Crippen LogP contribution in [0.4, 0.5) is 0 Å². The number of hydrogen-bond acceptors (Lipinski definition) is 5. The van der Waals surface area contributed by atoms with E-state index >= 15 is 0 Å². The second-order valence-corrected chi connectivity index (χ2v) is 8.95. The number of amides is 1. The average molecular weight is 452 g/mol. The number of para-hydroxylation sites is 1. The molecule has 1 saturated carbocycles. The van der Waals surface area contributed by atoms with Crippen LogP contribution >= 0.6 is 23.4 Å². The van der Waals surface area contributed by atoms with Crippen LogP contribution in [0.2, 0.25) is 5.02 Å². The summed E-state index contributed by atoms with van der Waals surface area (Å²) in [5.41, 5.74) is 1.04. The number of rotatable bonds is 6. The van der Waals surface area contributed by atoms with Gasteiger partial charge in [-0.1, -0.05) is 60.8 Å². The molecule has 1 fully saturated rings. The van der Waals surface area contributed by atoms with Crippen LogP contribution in [0.25, 0.3) is 17.1 Å². The summed E-state index contributed by atoms with van der Waals surface area (Å²) in [5, 5.41) is 22.6. The van der Waals surface area contributed by atoms with Gasteiger partial charge in [0, 0.05) is 16.3 Å². The molecular formula is C23H22ClN5OS. The zero-order valence-electron chi connectivity index (χ0n) is 16.9. The minimum Gasteiger partial charge on any atom is -0.337 e. The molecule has 31 heavy (non-hydrogen) atoms. The van der Waals surface area contributed by atoms with Gasteiger partial charge >= 0.3 is 0 Å². The molecule has 1 N–H and O–H groups in total. The fourth-order valence-corrected chi connectivity index (χ4v) is 4.69. The van der Waals surface area contributed by atoms with Crippen LogP contribution in [-0.4, -0.2) is 32.0 Å². The molecule has 0 bridgehead atoms. The molecule has 1 aliphatic carbocycles. The Morgan fingerprint density at radius 3 is 2.48 bits per heavy atom. The summed E-state index contributed by atoms with van der Waals surface area (Å²) >= 11 is 7.34. The van der Waals surface area contributed by atoms with E-state index in [9.17, 15) is 10.1 Å². The summed E-state index contributed by atoms with van der Waals surface area (Å²) in [7, 11) is 0. The SMILES string of the molecule is N#CC1(NC(=O)CSc2nnc(-c3ccc(Cl)cc3)n2-c2ccccc2)CCCCC1.